The number of pyridine rings is 3. The first-order valence-electron chi connectivity index (χ1n) is 48.6. The van der Waals surface area contributed by atoms with Crippen LogP contribution in [0.4, 0.5) is 4.79 Å². The van der Waals surface area contributed by atoms with E-state index in [1.807, 2.05) is 138 Å². The largest absolute Gasteiger partial charge is 0.444 e. The van der Waals surface area contributed by atoms with Gasteiger partial charge in [0.1, 0.15) is 5.60 Å². The highest BCUT2D eigenvalue weighted by Crippen LogP contribution is 2.27. The zero-order chi connectivity index (χ0) is 89.7. The highest BCUT2D eigenvalue weighted by Gasteiger charge is 2.26. The number of carbonyl (C=O) groups is 1. The van der Waals surface area contributed by atoms with Gasteiger partial charge in [-0.1, -0.05) is 175 Å². The van der Waals surface area contributed by atoms with E-state index in [1.165, 1.54) is 205 Å². The molecule has 2 aliphatic carbocycles. The van der Waals surface area contributed by atoms with Crippen LogP contribution >= 0.6 is 0 Å². The predicted molar refractivity (Wildman–Crippen MR) is 516 cm³/mol. The second kappa shape index (κ2) is 79.8. The number of piperazine rings is 1. The summed E-state index contributed by atoms with van der Waals surface area (Å²) in [5, 5.41) is 3.32. The summed E-state index contributed by atoms with van der Waals surface area (Å²) in [4.78, 5) is 37.0. The molecular formula is C103H190N10O9. The maximum atomic E-state index is 11.6. The number of hydrogen-bond donors (Lipinski definition) is 1. The van der Waals surface area contributed by atoms with E-state index in [-0.39, 0.29) is 11.7 Å². The van der Waals surface area contributed by atoms with Gasteiger partial charge in [0.25, 0.3) is 0 Å². The van der Waals surface area contributed by atoms with Crippen LogP contribution < -0.4 is 5.32 Å². The number of nitrogens with zero attached hydrogens (tertiary/aromatic N) is 9. The Morgan fingerprint density at radius 3 is 1.16 bits per heavy atom. The van der Waals surface area contributed by atoms with Gasteiger partial charge in [-0.2, -0.15) is 0 Å². The molecule has 13 heterocycles. The average molecular weight is 1710 g/mol. The van der Waals surface area contributed by atoms with Crippen molar-refractivity contribution in [3.63, 3.8) is 0 Å². The number of morpholine rings is 2. The highest BCUT2D eigenvalue weighted by atomic mass is 16.6. The molecule has 19 heteroatoms. The third-order valence-corrected chi connectivity index (χ3v) is 23.0. The highest BCUT2D eigenvalue weighted by molar-refractivity contribution is 5.68. The number of benzene rings is 1. The quantitative estimate of drug-likeness (QED) is 0.201. The number of likely N-dealkylation sites (tertiary alicyclic amines) is 2. The number of hydrogen-bond acceptors (Lipinski definition) is 18. The molecule has 10 aliphatic heterocycles. The summed E-state index contributed by atoms with van der Waals surface area (Å²) < 4.78 is 41.4. The second-order valence-electron chi connectivity index (χ2n) is 37.0. The molecule has 1 N–H and O–H groups in total. The molecule has 2 saturated carbocycles. The SMILES string of the molecule is CC1CC1.CC1CCCCC1.CC1CCN(C(=O)OC(C)(C)C)CC1.CC1CCN(C)CC1.CC1CCNCC1.CC1CCOCC1.CC1COCCO1.CCC1CCOCC1.CCCC1CCOCC1.CCCN1CCOCC1.CN1CCN(C)CC1.CN1CCOCC1.Cc1ccccn1.Cc1cccnc1.Cc1ccncc1.c1ccccc1. The van der Waals surface area contributed by atoms with Crippen molar-refractivity contribution in [2.75, 3.05) is 212 Å². The molecule has 12 fully saturated rings. The van der Waals surface area contributed by atoms with Gasteiger partial charge in [-0.3, -0.25) is 19.9 Å². The number of ether oxygens (including phenoxy) is 8. The molecule has 12 aliphatic rings. The zero-order valence-electron chi connectivity index (χ0n) is 82.4. The second-order valence-corrected chi connectivity index (χ2v) is 37.0. The number of aromatic nitrogens is 3. The van der Waals surface area contributed by atoms with Crippen LogP contribution in [0, 0.1) is 68.1 Å². The first kappa shape index (κ1) is 115. The lowest BCUT2D eigenvalue weighted by Crippen LogP contribution is -2.42. The maximum Gasteiger partial charge on any atom is 0.410 e. The summed E-state index contributed by atoms with van der Waals surface area (Å²) in [5.74, 6) is 7.66. The normalized spacial score (nSPS) is 21.0. The lowest BCUT2D eigenvalue weighted by Gasteiger charge is -2.32. The monoisotopic (exact) mass is 1710 g/mol. The van der Waals surface area contributed by atoms with Crippen LogP contribution in [0.2, 0.25) is 0 Å². The molecular weight excluding hydrogens is 1520 g/mol. The van der Waals surface area contributed by atoms with Crippen molar-refractivity contribution < 1.29 is 42.7 Å². The van der Waals surface area contributed by atoms with Crippen molar-refractivity contribution in [3.05, 3.63) is 127 Å². The number of rotatable bonds is 5. The molecule has 16 rings (SSSR count). The van der Waals surface area contributed by atoms with Crippen molar-refractivity contribution in [2.24, 2.45) is 47.3 Å². The summed E-state index contributed by atoms with van der Waals surface area (Å²) in [6.45, 7) is 63.7. The van der Waals surface area contributed by atoms with Crippen molar-refractivity contribution in [2.45, 2.75) is 270 Å². The number of nitrogens with one attached hydrogen (secondary N) is 1. The van der Waals surface area contributed by atoms with Gasteiger partial charge in [0.2, 0.25) is 0 Å². The fourth-order valence-electron chi connectivity index (χ4n) is 13.5. The number of likely N-dealkylation sites (N-methyl/N-ethyl adjacent to an activating group) is 3. The summed E-state index contributed by atoms with van der Waals surface area (Å²) >= 11 is 0. The minimum atomic E-state index is -0.375. The fourth-order valence-corrected chi connectivity index (χ4v) is 13.5. The number of amides is 1. The Bertz CT molecular complexity index is 2480. The summed E-state index contributed by atoms with van der Waals surface area (Å²) in [5.41, 5.74) is 3.17. The Morgan fingerprint density at radius 1 is 0.410 bits per heavy atom. The van der Waals surface area contributed by atoms with E-state index in [2.05, 4.69) is 135 Å². The van der Waals surface area contributed by atoms with E-state index in [1.54, 1.807) is 24.8 Å². The van der Waals surface area contributed by atoms with Crippen LogP contribution in [0.1, 0.15) is 255 Å². The van der Waals surface area contributed by atoms with Crippen molar-refractivity contribution in [1.29, 1.82) is 0 Å². The molecule has 0 bridgehead atoms. The molecule has 19 nitrogen and oxygen atoms in total. The zero-order valence-corrected chi connectivity index (χ0v) is 82.4. The molecule has 4 aromatic rings. The first-order chi connectivity index (χ1) is 58.8. The topological polar surface area (TPSA) is 161 Å². The smallest absolute Gasteiger partial charge is 0.410 e. The van der Waals surface area contributed by atoms with Gasteiger partial charge < -0.3 is 67.7 Å². The van der Waals surface area contributed by atoms with E-state index < -0.39 is 0 Å². The lowest BCUT2D eigenvalue weighted by molar-refractivity contribution is -0.0797. The van der Waals surface area contributed by atoms with Crippen LogP contribution in [0.3, 0.4) is 0 Å². The van der Waals surface area contributed by atoms with Gasteiger partial charge >= 0.3 is 6.09 Å². The lowest BCUT2D eigenvalue weighted by atomic mass is 9.91. The summed E-state index contributed by atoms with van der Waals surface area (Å²) in [6.07, 6.45) is 40.3. The molecule has 706 valence electrons. The average Bonchev–Trinajstić information content (AvgIpc) is 1.34. The Kier molecular flexibility index (Phi) is 75.5. The van der Waals surface area contributed by atoms with Crippen molar-refractivity contribution in [1.82, 2.24) is 49.7 Å². The van der Waals surface area contributed by atoms with Crippen LogP contribution in [0.25, 0.3) is 0 Å². The van der Waals surface area contributed by atoms with Crippen LogP contribution in [0.15, 0.2) is 110 Å². The number of aryl methyl sites for hydroxylation is 3. The number of piperidine rings is 3. The minimum Gasteiger partial charge on any atom is -0.444 e. The molecule has 1 atom stereocenters. The van der Waals surface area contributed by atoms with Gasteiger partial charge in [-0.15, -0.1) is 0 Å². The van der Waals surface area contributed by atoms with E-state index in [4.69, 9.17) is 37.9 Å². The minimum absolute atomic E-state index is 0.163. The van der Waals surface area contributed by atoms with Crippen molar-refractivity contribution in [3.8, 4) is 0 Å². The van der Waals surface area contributed by atoms with Gasteiger partial charge in [0.15, 0.2) is 0 Å². The van der Waals surface area contributed by atoms with E-state index >= 15 is 0 Å². The number of carbonyl (C=O) groups excluding carboxylic acids is 1. The van der Waals surface area contributed by atoms with Gasteiger partial charge in [0, 0.05) is 142 Å². The van der Waals surface area contributed by atoms with E-state index in [0.29, 0.717) is 6.10 Å². The Morgan fingerprint density at radius 2 is 0.861 bits per heavy atom. The fraction of sp³-hybridized carbons (Fsp3) is 0.786. The Hall–Kier alpha value is -4.58. The third kappa shape index (κ3) is 77.7. The van der Waals surface area contributed by atoms with Gasteiger partial charge in [-0.05, 0) is 282 Å². The molecule has 3 aromatic heterocycles. The van der Waals surface area contributed by atoms with Crippen LogP contribution in [-0.2, 0) is 37.9 Å². The summed E-state index contributed by atoms with van der Waals surface area (Å²) in [7, 11) is 8.66. The standard InChI is InChI=1S/C11H21NO2.C8H16O.C7H15NO.C7H15N.C7H14O.C7H14.C6H14N2.C6H13N.3C6H7N.C6H12O.C6H6.C5H11NO.C5H10O2.C4H8/c1-9-5-7-12(8-6-9)10(13)14-11(2,3)4;2*1-2-3-8-4-6-9-7-5-8;1-7-3-5-8(2)6-4-7;1-2-7-3-5-8-6-4-7;1-7-5-3-2-4-6-7;1-7-3-5-8(2)6-4-7;2*1-6-2-4-7-5-3-6;1-6-3-2-4-7-5-6;1-6-4-2-3-5-7-6;1-6-2-4-7-5-3-6;1-2-4-6-5-3-1;1-6-2-4-7-5-3-6;1-5-4-6-2-3-7-5;1-4-2-3-4/h9H,5-8H2,1-4H3;8H,2-7H2,1H3;2-7H2,1H3;7H,3-6H2,1-2H3;7H,2-6H2,1H3;7H,2-6H2,1H3;3-6H2,1-2H3;6-7H,2-5H2,1H3;3*2-5H,1H3;6H,2-5H2,1H3;1-6H;2-5H2,1H3;5H,2-4H2,1H3;4H,2-3H2,1H3. The molecule has 1 amide bonds. The van der Waals surface area contributed by atoms with Crippen LogP contribution in [-0.4, -0.2) is 274 Å². The third-order valence-electron chi connectivity index (χ3n) is 23.0. The summed E-state index contributed by atoms with van der Waals surface area (Å²) in [6, 6.07) is 25.7. The Balaban J connectivity index is 0.000000654. The van der Waals surface area contributed by atoms with E-state index in [9.17, 15) is 4.79 Å². The first-order valence-corrected chi connectivity index (χ1v) is 48.6. The molecule has 0 spiro atoms. The molecule has 0 radical (unpaired) electrons. The maximum absolute atomic E-state index is 11.6. The predicted octanol–water partition coefficient (Wildman–Crippen LogP) is 21.3. The molecule has 10 saturated heterocycles. The van der Waals surface area contributed by atoms with Gasteiger partial charge in [-0.25, -0.2) is 4.79 Å². The molecule has 1 aromatic carbocycles. The Labute approximate surface area is 750 Å². The van der Waals surface area contributed by atoms with Gasteiger partial charge in [0.05, 0.1) is 52.4 Å². The van der Waals surface area contributed by atoms with Crippen LogP contribution in [0.5, 0.6) is 0 Å². The molecule has 122 heavy (non-hydrogen) atoms. The van der Waals surface area contributed by atoms with E-state index in [0.717, 1.165) is 191 Å². The molecule has 1 unspecified atom stereocenters. The van der Waals surface area contributed by atoms with Crippen molar-refractivity contribution >= 4 is 6.09 Å².